The molecule has 0 spiro atoms. The van der Waals surface area contributed by atoms with Crippen LogP contribution in [0.25, 0.3) is 0 Å². The second-order valence-electron chi connectivity index (χ2n) is 6.81. The number of nitrogens with zero attached hydrogens (tertiary/aromatic N) is 3. The lowest BCUT2D eigenvalue weighted by Crippen LogP contribution is -2.38. The minimum atomic E-state index is 0.153. The summed E-state index contributed by atoms with van der Waals surface area (Å²) in [5.41, 5.74) is 7.42. The van der Waals surface area contributed by atoms with Crippen molar-refractivity contribution in [3.63, 3.8) is 0 Å². The molecular formula is C16H28N4. The van der Waals surface area contributed by atoms with Crippen LogP contribution >= 0.6 is 0 Å². The molecule has 112 valence electrons. The van der Waals surface area contributed by atoms with E-state index < -0.39 is 0 Å². The van der Waals surface area contributed by atoms with Crippen molar-refractivity contribution in [2.24, 2.45) is 11.7 Å². The van der Waals surface area contributed by atoms with Gasteiger partial charge in [0.25, 0.3) is 0 Å². The van der Waals surface area contributed by atoms with Gasteiger partial charge in [0.2, 0.25) is 0 Å². The molecule has 4 heteroatoms. The molecule has 20 heavy (non-hydrogen) atoms. The molecule has 0 bridgehead atoms. The molecule has 0 aromatic carbocycles. The Bertz CT molecular complexity index is 443. The topological polar surface area (TPSA) is 47.1 Å². The molecule has 2 aliphatic rings. The summed E-state index contributed by atoms with van der Waals surface area (Å²) in [6.07, 6.45) is 8.29. The second kappa shape index (κ2) is 5.86. The molecule has 2 aliphatic heterocycles. The van der Waals surface area contributed by atoms with E-state index >= 15 is 0 Å². The van der Waals surface area contributed by atoms with Crippen molar-refractivity contribution in [1.82, 2.24) is 14.5 Å². The first-order chi connectivity index (χ1) is 9.63. The number of hydrogen-bond donors (Lipinski definition) is 1. The second-order valence-corrected chi connectivity index (χ2v) is 6.81. The molecule has 0 amide bonds. The number of hydrogen-bond acceptors (Lipinski definition) is 3. The zero-order chi connectivity index (χ0) is 14.1. The van der Waals surface area contributed by atoms with Gasteiger partial charge in [-0.1, -0.05) is 0 Å². The lowest BCUT2D eigenvalue weighted by atomic mass is 9.92. The maximum absolute atomic E-state index is 6.15. The summed E-state index contributed by atoms with van der Waals surface area (Å²) in [7, 11) is 0. The third-order valence-corrected chi connectivity index (χ3v) is 4.98. The van der Waals surface area contributed by atoms with Gasteiger partial charge in [-0.05, 0) is 65.0 Å². The highest BCUT2D eigenvalue weighted by Gasteiger charge is 2.24. The molecule has 0 saturated carbocycles. The summed E-state index contributed by atoms with van der Waals surface area (Å²) in [6, 6.07) is 0.842. The van der Waals surface area contributed by atoms with Crippen molar-refractivity contribution in [2.45, 2.75) is 64.6 Å². The average Bonchev–Trinajstić information content (AvgIpc) is 2.83. The highest BCUT2D eigenvalue weighted by molar-refractivity contribution is 5.10. The van der Waals surface area contributed by atoms with Crippen LogP contribution in [0.4, 0.5) is 0 Å². The summed E-state index contributed by atoms with van der Waals surface area (Å²) < 4.78 is 2.28. The van der Waals surface area contributed by atoms with Gasteiger partial charge in [0, 0.05) is 18.8 Å². The maximum Gasteiger partial charge on any atom is 0.125 e. The largest absolute Gasteiger partial charge is 0.333 e. The monoisotopic (exact) mass is 276 g/mol. The quantitative estimate of drug-likeness (QED) is 0.922. The van der Waals surface area contributed by atoms with E-state index in [0.717, 1.165) is 31.1 Å². The van der Waals surface area contributed by atoms with Crippen molar-refractivity contribution >= 4 is 0 Å². The van der Waals surface area contributed by atoms with E-state index in [0.29, 0.717) is 6.04 Å². The van der Waals surface area contributed by atoms with Gasteiger partial charge < -0.3 is 15.2 Å². The van der Waals surface area contributed by atoms with Crippen LogP contribution in [0.5, 0.6) is 0 Å². The summed E-state index contributed by atoms with van der Waals surface area (Å²) >= 11 is 0. The Labute approximate surface area is 122 Å². The van der Waals surface area contributed by atoms with Gasteiger partial charge in [-0.15, -0.1) is 0 Å². The van der Waals surface area contributed by atoms with E-state index in [9.17, 15) is 0 Å². The van der Waals surface area contributed by atoms with Crippen LogP contribution in [0.15, 0.2) is 6.20 Å². The van der Waals surface area contributed by atoms with Gasteiger partial charge in [-0.3, -0.25) is 0 Å². The van der Waals surface area contributed by atoms with E-state index in [1.165, 1.54) is 38.0 Å². The number of aromatic nitrogens is 2. The maximum atomic E-state index is 6.15. The van der Waals surface area contributed by atoms with Gasteiger partial charge in [0.15, 0.2) is 0 Å². The number of nitrogens with two attached hydrogens (primary N) is 1. The standard InChI is InChI=1S/C16H28N4/c1-12(2)19-8-5-13(6-9-19)10-14-11-20-7-3-4-15(17)16(20)18-14/h11-13,15H,3-10,17H2,1-2H3. The third kappa shape index (κ3) is 2.91. The van der Waals surface area contributed by atoms with E-state index in [1.54, 1.807) is 0 Å². The van der Waals surface area contributed by atoms with Gasteiger partial charge in [-0.25, -0.2) is 4.98 Å². The number of imidazole rings is 1. The molecule has 3 heterocycles. The van der Waals surface area contributed by atoms with Crippen molar-refractivity contribution in [1.29, 1.82) is 0 Å². The molecule has 1 atom stereocenters. The van der Waals surface area contributed by atoms with Crippen LogP contribution in [-0.4, -0.2) is 33.6 Å². The third-order valence-electron chi connectivity index (χ3n) is 4.98. The summed E-state index contributed by atoms with van der Waals surface area (Å²) in [5.74, 6) is 1.92. The zero-order valence-electron chi connectivity index (χ0n) is 12.9. The number of fused-ring (bicyclic) bond motifs is 1. The van der Waals surface area contributed by atoms with Crippen LogP contribution in [0.3, 0.4) is 0 Å². The van der Waals surface area contributed by atoms with Crippen molar-refractivity contribution in [2.75, 3.05) is 13.1 Å². The van der Waals surface area contributed by atoms with E-state index in [1.807, 2.05) is 0 Å². The predicted octanol–water partition coefficient (Wildman–Crippen LogP) is 2.34. The fourth-order valence-corrected chi connectivity index (χ4v) is 3.64. The molecule has 4 nitrogen and oxygen atoms in total. The van der Waals surface area contributed by atoms with Crippen LogP contribution in [-0.2, 0) is 13.0 Å². The number of likely N-dealkylation sites (tertiary alicyclic amines) is 1. The molecule has 1 unspecified atom stereocenters. The fraction of sp³-hybridized carbons (Fsp3) is 0.812. The van der Waals surface area contributed by atoms with Crippen LogP contribution in [0.1, 0.15) is 57.1 Å². The summed E-state index contributed by atoms with van der Waals surface area (Å²) in [5, 5.41) is 0. The first-order valence-electron chi connectivity index (χ1n) is 8.19. The molecule has 3 rings (SSSR count). The van der Waals surface area contributed by atoms with E-state index in [4.69, 9.17) is 10.7 Å². The zero-order valence-corrected chi connectivity index (χ0v) is 12.9. The molecule has 1 saturated heterocycles. The fourth-order valence-electron chi connectivity index (χ4n) is 3.64. The first kappa shape index (κ1) is 14.1. The minimum absolute atomic E-state index is 0.153. The van der Waals surface area contributed by atoms with E-state index in [-0.39, 0.29) is 6.04 Å². The Kier molecular flexibility index (Phi) is 4.13. The Morgan fingerprint density at radius 3 is 2.65 bits per heavy atom. The lowest BCUT2D eigenvalue weighted by molar-refractivity contribution is 0.149. The molecule has 0 radical (unpaired) electrons. The lowest BCUT2D eigenvalue weighted by Gasteiger charge is -2.34. The molecule has 1 aromatic heterocycles. The number of rotatable bonds is 3. The van der Waals surface area contributed by atoms with Gasteiger partial charge in [0.1, 0.15) is 5.82 Å². The first-order valence-corrected chi connectivity index (χ1v) is 8.19. The molecule has 1 aromatic rings. The van der Waals surface area contributed by atoms with Gasteiger partial charge in [-0.2, -0.15) is 0 Å². The van der Waals surface area contributed by atoms with Crippen LogP contribution in [0, 0.1) is 5.92 Å². The molecule has 0 aliphatic carbocycles. The SMILES string of the molecule is CC(C)N1CCC(Cc2cn3c(n2)C(N)CCC3)CC1. The minimum Gasteiger partial charge on any atom is -0.333 e. The van der Waals surface area contributed by atoms with Crippen LogP contribution < -0.4 is 5.73 Å². The Hall–Kier alpha value is -0.870. The summed E-state index contributed by atoms with van der Waals surface area (Å²) in [4.78, 5) is 7.39. The van der Waals surface area contributed by atoms with Crippen molar-refractivity contribution < 1.29 is 0 Å². The smallest absolute Gasteiger partial charge is 0.125 e. The summed E-state index contributed by atoms with van der Waals surface area (Å²) in [6.45, 7) is 8.18. The highest BCUT2D eigenvalue weighted by atomic mass is 15.1. The Morgan fingerprint density at radius 1 is 1.25 bits per heavy atom. The van der Waals surface area contributed by atoms with E-state index in [2.05, 4.69) is 29.5 Å². The van der Waals surface area contributed by atoms with Crippen molar-refractivity contribution in [3.05, 3.63) is 17.7 Å². The number of piperidine rings is 1. The normalized spacial score (nSPS) is 25.1. The van der Waals surface area contributed by atoms with Gasteiger partial charge in [0.05, 0.1) is 11.7 Å². The predicted molar refractivity (Wildman–Crippen MR) is 81.5 cm³/mol. The average molecular weight is 276 g/mol. The molecule has 1 fully saturated rings. The molecular weight excluding hydrogens is 248 g/mol. The van der Waals surface area contributed by atoms with Crippen molar-refractivity contribution in [3.8, 4) is 0 Å². The Balaban J connectivity index is 1.59. The molecule has 2 N–H and O–H groups in total. The van der Waals surface area contributed by atoms with Crippen LogP contribution in [0.2, 0.25) is 0 Å². The Morgan fingerprint density at radius 2 is 2.00 bits per heavy atom. The highest BCUT2D eigenvalue weighted by Crippen LogP contribution is 2.26. The number of aryl methyl sites for hydroxylation is 1. The van der Waals surface area contributed by atoms with Gasteiger partial charge >= 0.3 is 0 Å².